The van der Waals surface area contributed by atoms with Gasteiger partial charge in [0.2, 0.25) is 0 Å². The van der Waals surface area contributed by atoms with Crippen LogP contribution in [0.3, 0.4) is 0 Å². The normalized spacial score (nSPS) is 20.0. The van der Waals surface area contributed by atoms with E-state index in [-0.39, 0.29) is 17.8 Å². The highest BCUT2D eigenvalue weighted by molar-refractivity contribution is 5.85. The Bertz CT molecular complexity index is 733. The van der Waals surface area contributed by atoms with Gasteiger partial charge >= 0.3 is 0 Å². The van der Waals surface area contributed by atoms with Gasteiger partial charge in [0.15, 0.2) is 0 Å². The molecule has 1 unspecified atom stereocenters. The second-order valence-electron chi connectivity index (χ2n) is 8.39. The molecule has 0 aliphatic carbocycles. The maximum atomic E-state index is 6.29. The first-order chi connectivity index (χ1) is 11.8. The molecule has 1 aliphatic heterocycles. The summed E-state index contributed by atoms with van der Waals surface area (Å²) in [5.41, 5.74) is 12.9. The van der Waals surface area contributed by atoms with E-state index in [1.54, 1.807) is 0 Å². The van der Waals surface area contributed by atoms with Gasteiger partial charge in [0, 0.05) is 36.9 Å². The van der Waals surface area contributed by atoms with E-state index in [0.717, 1.165) is 38.3 Å². The fourth-order valence-electron chi connectivity index (χ4n) is 3.83. The van der Waals surface area contributed by atoms with E-state index in [4.69, 9.17) is 10.8 Å². The molecule has 1 saturated heterocycles. The lowest BCUT2D eigenvalue weighted by atomic mass is 9.79. The Morgan fingerprint density at radius 2 is 1.77 bits per heavy atom. The van der Waals surface area contributed by atoms with E-state index in [1.165, 1.54) is 22.4 Å². The van der Waals surface area contributed by atoms with Crippen molar-refractivity contribution in [3.05, 3.63) is 52.3 Å². The summed E-state index contributed by atoms with van der Waals surface area (Å²) in [7, 11) is 0. The van der Waals surface area contributed by atoms with Gasteiger partial charge in [-0.15, -0.1) is 12.4 Å². The molecular weight excluding hydrogens is 344 g/mol. The molecule has 1 atom stereocenters. The molecule has 26 heavy (non-hydrogen) atoms. The monoisotopic (exact) mass is 376 g/mol. The van der Waals surface area contributed by atoms with Crippen LogP contribution in [-0.2, 0) is 13.1 Å². The van der Waals surface area contributed by atoms with Gasteiger partial charge in [-0.3, -0.25) is 9.58 Å². The first kappa shape index (κ1) is 20.9. The van der Waals surface area contributed by atoms with Crippen LogP contribution in [-0.4, -0.2) is 33.8 Å². The van der Waals surface area contributed by atoms with Gasteiger partial charge in [-0.2, -0.15) is 5.10 Å². The number of halogens is 1. The summed E-state index contributed by atoms with van der Waals surface area (Å²) in [6.07, 6.45) is 1.07. The molecule has 1 fully saturated rings. The molecule has 0 radical (unpaired) electrons. The van der Waals surface area contributed by atoms with Crippen molar-refractivity contribution in [3.63, 3.8) is 0 Å². The lowest BCUT2D eigenvalue weighted by Gasteiger charge is -2.42. The smallest absolute Gasteiger partial charge is 0.0662 e. The van der Waals surface area contributed by atoms with E-state index in [0.29, 0.717) is 6.04 Å². The minimum absolute atomic E-state index is 0. The van der Waals surface area contributed by atoms with E-state index in [9.17, 15) is 0 Å². The van der Waals surface area contributed by atoms with Crippen LogP contribution < -0.4 is 5.73 Å². The number of nitrogens with two attached hydrogens (primary N) is 1. The second kappa shape index (κ2) is 8.12. The molecule has 4 nitrogen and oxygen atoms in total. The zero-order chi connectivity index (χ0) is 18.2. The maximum absolute atomic E-state index is 6.29. The summed E-state index contributed by atoms with van der Waals surface area (Å²) in [5.74, 6) is 0. The molecule has 5 heteroatoms. The van der Waals surface area contributed by atoms with Crippen LogP contribution in [0.25, 0.3) is 0 Å². The summed E-state index contributed by atoms with van der Waals surface area (Å²) in [5, 5.41) is 4.81. The molecule has 1 aromatic heterocycles. The Kier molecular flexibility index (Phi) is 6.54. The molecule has 2 N–H and O–H groups in total. The lowest BCUT2D eigenvalue weighted by molar-refractivity contribution is 0.0895. The minimum Gasteiger partial charge on any atom is -0.327 e. The van der Waals surface area contributed by atoms with Crippen molar-refractivity contribution in [3.8, 4) is 0 Å². The first-order valence-corrected chi connectivity index (χ1v) is 9.32. The van der Waals surface area contributed by atoms with Crippen molar-refractivity contribution in [2.24, 2.45) is 11.1 Å². The zero-order valence-corrected chi connectivity index (χ0v) is 17.6. The summed E-state index contributed by atoms with van der Waals surface area (Å²) in [6, 6.07) is 9.03. The largest absolute Gasteiger partial charge is 0.327 e. The molecule has 0 bridgehead atoms. The Hall–Kier alpha value is -1.36. The van der Waals surface area contributed by atoms with Crippen molar-refractivity contribution in [2.45, 2.75) is 60.2 Å². The van der Waals surface area contributed by atoms with E-state index in [1.807, 2.05) is 0 Å². The first-order valence-electron chi connectivity index (χ1n) is 9.32. The lowest BCUT2D eigenvalue weighted by Crippen LogP contribution is -2.52. The molecule has 2 aromatic rings. The van der Waals surface area contributed by atoms with Crippen molar-refractivity contribution in [1.82, 2.24) is 14.7 Å². The summed E-state index contributed by atoms with van der Waals surface area (Å²) in [6.45, 7) is 15.0. The second-order valence-corrected chi connectivity index (χ2v) is 8.39. The van der Waals surface area contributed by atoms with Crippen LogP contribution in [0, 0.1) is 26.2 Å². The SMILES string of the molecule is Cc1ccc(Cn2nc(C)c(CN3CCC(N)C(C)(C)C3)c2C)cc1.Cl. The maximum Gasteiger partial charge on any atom is 0.0662 e. The standard InChI is InChI=1S/C21H32N4.ClH/c1-15-6-8-18(9-7-15)12-25-17(3)19(16(2)23-25)13-24-11-10-20(22)21(4,5)14-24;/h6-9,20H,10-14,22H2,1-5H3;1H. The zero-order valence-electron chi connectivity index (χ0n) is 16.7. The van der Waals surface area contributed by atoms with Crippen LogP contribution in [0.15, 0.2) is 24.3 Å². The summed E-state index contributed by atoms with van der Waals surface area (Å²) < 4.78 is 2.15. The topological polar surface area (TPSA) is 47.1 Å². The highest BCUT2D eigenvalue weighted by atomic mass is 35.5. The Morgan fingerprint density at radius 1 is 1.12 bits per heavy atom. The molecule has 0 saturated carbocycles. The number of hydrogen-bond donors (Lipinski definition) is 1. The highest BCUT2D eigenvalue weighted by Crippen LogP contribution is 2.29. The van der Waals surface area contributed by atoms with Crippen LogP contribution in [0.4, 0.5) is 0 Å². The van der Waals surface area contributed by atoms with Gasteiger partial charge in [0.05, 0.1) is 12.2 Å². The van der Waals surface area contributed by atoms with Crippen molar-refractivity contribution >= 4 is 12.4 Å². The number of aryl methyl sites for hydroxylation is 2. The molecule has 2 heterocycles. The van der Waals surface area contributed by atoms with Gasteiger partial charge in [0.25, 0.3) is 0 Å². The number of rotatable bonds is 4. The van der Waals surface area contributed by atoms with Crippen LogP contribution in [0.5, 0.6) is 0 Å². The van der Waals surface area contributed by atoms with Crippen molar-refractivity contribution < 1.29 is 0 Å². The van der Waals surface area contributed by atoms with Gasteiger partial charge in [-0.05, 0) is 38.2 Å². The predicted octanol–water partition coefficient (Wildman–Crippen LogP) is 3.84. The fraction of sp³-hybridized carbons (Fsp3) is 0.571. The van der Waals surface area contributed by atoms with Crippen LogP contribution in [0.2, 0.25) is 0 Å². The Labute approximate surface area is 164 Å². The Morgan fingerprint density at radius 3 is 2.38 bits per heavy atom. The van der Waals surface area contributed by atoms with Gasteiger partial charge < -0.3 is 5.73 Å². The summed E-state index contributed by atoms with van der Waals surface area (Å²) in [4.78, 5) is 2.54. The number of hydrogen-bond acceptors (Lipinski definition) is 3. The molecule has 1 aromatic carbocycles. The average Bonchev–Trinajstić information content (AvgIpc) is 2.80. The highest BCUT2D eigenvalue weighted by Gasteiger charge is 2.33. The molecule has 0 amide bonds. The predicted molar refractivity (Wildman–Crippen MR) is 111 cm³/mol. The molecular formula is C21H33ClN4. The van der Waals surface area contributed by atoms with Crippen molar-refractivity contribution in [1.29, 1.82) is 0 Å². The number of aromatic nitrogens is 2. The van der Waals surface area contributed by atoms with E-state index in [2.05, 4.69) is 68.5 Å². The van der Waals surface area contributed by atoms with Crippen LogP contribution in [0.1, 0.15) is 48.3 Å². The van der Waals surface area contributed by atoms with Crippen molar-refractivity contribution in [2.75, 3.05) is 13.1 Å². The number of piperidine rings is 1. The molecule has 0 spiro atoms. The minimum atomic E-state index is 0. The van der Waals surface area contributed by atoms with Gasteiger partial charge in [-0.25, -0.2) is 0 Å². The number of benzene rings is 1. The number of likely N-dealkylation sites (tertiary alicyclic amines) is 1. The van der Waals surface area contributed by atoms with Crippen LogP contribution >= 0.6 is 12.4 Å². The average molecular weight is 377 g/mol. The van der Waals surface area contributed by atoms with Gasteiger partial charge in [0.1, 0.15) is 0 Å². The molecule has 144 valence electrons. The fourth-order valence-corrected chi connectivity index (χ4v) is 3.83. The molecule has 1 aliphatic rings. The quantitative estimate of drug-likeness (QED) is 0.881. The van der Waals surface area contributed by atoms with Gasteiger partial charge in [-0.1, -0.05) is 43.7 Å². The summed E-state index contributed by atoms with van der Waals surface area (Å²) >= 11 is 0. The Balaban J connectivity index is 0.00000243. The number of nitrogens with zero attached hydrogens (tertiary/aromatic N) is 3. The molecule has 3 rings (SSSR count). The van der Waals surface area contributed by atoms with E-state index >= 15 is 0 Å². The van der Waals surface area contributed by atoms with E-state index < -0.39 is 0 Å². The third kappa shape index (κ3) is 4.48. The third-order valence-electron chi connectivity index (χ3n) is 5.76. The third-order valence-corrected chi connectivity index (χ3v) is 5.76.